The number of aromatic nitrogens is 1. The first-order chi connectivity index (χ1) is 10.7. The van der Waals surface area contributed by atoms with Crippen molar-refractivity contribution in [3.8, 4) is 0 Å². The van der Waals surface area contributed by atoms with Crippen molar-refractivity contribution in [2.45, 2.75) is 20.4 Å². The van der Waals surface area contributed by atoms with Crippen LogP contribution in [-0.2, 0) is 16.1 Å². The van der Waals surface area contributed by atoms with Gasteiger partial charge in [-0.1, -0.05) is 19.9 Å². The molecule has 1 saturated heterocycles. The lowest BCUT2D eigenvalue weighted by molar-refractivity contribution is -0.122. The van der Waals surface area contributed by atoms with Gasteiger partial charge in [0, 0.05) is 31.4 Å². The third kappa shape index (κ3) is 4.68. The van der Waals surface area contributed by atoms with Crippen LogP contribution in [0, 0.1) is 0 Å². The van der Waals surface area contributed by atoms with Crippen LogP contribution in [-0.4, -0.2) is 61.7 Å². The van der Waals surface area contributed by atoms with E-state index in [-0.39, 0.29) is 5.91 Å². The number of carbonyl (C=O) groups excluding carboxylic acids is 1. The largest absolute Gasteiger partial charge is 0.378 e. The molecule has 0 unspecified atom stereocenters. The lowest BCUT2D eigenvalue weighted by Gasteiger charge is -2.29. The summed E-state index contributed by atoms with van der Waals surface area (Å²) in [4.78, 5) is 20.8. The van der Waals surface area contributed by atoms with Crippen molar-refractivity contribution in [1.29, 1.82) is 0 Å². The molecule has 1 aromatic heterocycles. The van der Waals surface area contributed by atoms with E-state index in [1.54, 1.807) is 6.20 Å². The van der Waals surface area contributed by atoms with Crippen molar-refractivity contribution < 1.29 is 9.53 Å². The standard InChI is InChI=1S/C16H26N4O2/c1-3-19(4-2)13-15(21)18-12-14-6-5-7-17-16(14)20-8-10-22-11-9-20/h5-7H,3-4,8-13H2,1-2H3,(H,18,21). The van der Waals surface area contributed by atoms with Crippen LogP contribution in [0.25, 0.3) is 0 Å². The fourth-order valence-corrected chi connectivity index (χ4v) is 2.53. The number of hydrogen-bond acceptors (Lipinski definition) is 5. The van der Waals surface area contributed by atoms with Crippen molar-refractivity contribution in [2.75, 3.05) is 50.8 Å². The zero-order valence-electron chi connectivity index (χ0n) is 13.5. The van der Waals surface area contributed by atoms with E-state index in [1.807, 2.05) is 12.1 Å². The van der Waals surface area contributed by atoms with Crippen molar-refractivity contribution in [2.24, 2.45) is 0 Å². The maximum atomic E-state index is 12.0. The summed E-state index contributed by atoms with van der Waals surface area (Å²) >= 11 is 0. The topological polar surface area (TPSA) is 57.7 Å². The highest BCUT2D eigenvalue weighted by atomic mass is 16.5. The van der Waals surface area contributed by atoms with Gasteiger partial charge in [-0.2, -0.15) is 0 Å². The van der Waals surface area contributed by atoms with Gasteiger partial charge < -0.3 is 15.0 Å². The summed E-state index contributed by atoms with van der Waals surface area (Å²) in [5, 5.41) is 3.00. The summed E-state index contributed by atoms with van der Waals surface area (Å²) in [7, 11) is 0. The Hall–Kier alpha value is -1.66. The first-order valence-corrected chi connectivity index (χ1v) is 8.00. The molecule has 1 aromatic rings. The summed E-state index contributed by atoms with van der Waals surface area (Å²) in [6, 6.07) is 3.94. The van der Waals surface area contributed by atoms with Gasteiger partial charge in [-0.15, -0.1) is 0 Å². The minimum absolute atomic E-state index is 0.0560. The predicted octanol–water partition coefficient (Wildman–Crippen LogP) is 0.876. The molecule has 0 aliphatic carbocycles. The monoisotopic (exact) mass is 306 g/mol. The van der Waals surface area contributed by atoms with Crippen LogP contribution >= 0.6 is 0 Å². The molecule has 0 aromatic carbocycles. The van der Waals surface area contributed by atoms with Gasteiger partial charge in [0.1, 0.15) is 5.82 Å². The Balaban J connectivity index is 1.93. The minimum atomic E-state index is 0.0560. The molecule has 0 spiro atoms. The number of amides is 1. The number of morpholine rings is 1. The summed E-state index contributed by atoms with van der Waals surface area (Å²) in [6.07, 6.45) is 1.80. The molecule has 6 nitrogen and oxygen atoms in total. The van der Waals surface area contributed by atoms with Gasteiger partial charge >= 0.3 is 0 Å². The minimum Gasteiger partial charge on any atom is -0.378 e. The third-order valence-corrected chi connectivity index (χ3v) is 3.92. The molecular weight excluding hydrogens is 280 g/mol. The Labute approximate surface area is 132 Å². The molecule has 6 heteroatoms. The van der Waals surface area contributed by atoms with Crippen molar-refractivity contribution >= 4 is 11.7 Å². The molecule has 0 atom stereocenters. The Morgan fingerprint density at radius 1 is 1.36 bits per heavy atom. The Morgan fingerprint density at radius 2 is 2.09 bits per heavy atom. The summed E-state index contributed by atoms with van der Waals surface area (Å²) in [5.41, 5.74) is 1.05. The van der Waals surface area contributed by atoms with Gasteiger partial charge in [-0.25, -0.2) is 4.98 Å². The number of hydrogen-bond donors (Lipinski definition) is 1. The van der Waals surface area contributed by atoms with Crippen molar-refractivity contribution in [3.63, 3.8) is 0 Å². The molecule has 1 fully saturated rings. The Bertz CT molecular complexity index is 471. The van der Waals surface area contributed by atoms with E-state index in [0.717, 1.165) is 50.8 Å². The number of likely N-dealkylation sites (N-methyl/N-ethyl adjacent to an activating group) is 1. The number of rotatable bonds is 7. The number of nitrogens with zero attached hydrogens (tertiary/aromatic N) is 3. The quantitative estimate of drug-likeness (QED) is 0.810. The molecular formula is C16H26N4O2. The average Bonchev–Trinajstić information content (AvgIpc) is 2.59. The highest BCUT2D eigenvalue weighted by Crippen LogP contribution is 2.18. The second kappa shape index (κ2) is 8.70. The molecule has 0 bridgehead atoms. The molecule has 1 aliphatic rings. The number of nitrogens with one attached hydrogen (secondary N) is 1. The highest BCUT2D eigenvalue weighted by Gasteiger charge is 2.16. The molecule has 0 saturated carbocycles. The first-order valence-electron chi connectivity index (χ1n) is 8.00. The van der Waals surface area contributed by atoms with Gasteiger partial charge in [-0.05, 0) is 19.2 Å². The zero-order chi connectivity index (χ0) is 15.8. The molecule has 22 heavy (non-hydrogen) atoms. The molecule has 122 valence electrons. The van der Waals surface area contributed by atoms with E-state index in [2.05, 4.69) is 33.9 Å². The molecule has 1 N–H and O–H groups in total. The summed E-state index contributed by atoms with van der Waals surface area (Å²) in [5.74, 6) is 1.01. The van der Waals surface area contributed by atoms with Crippen LogP contribution in [0.15, 0.2) is 18.3 Å². The predicted molar refractivity (Wildman–Crippen MR) is 86.9 cm³/mol. The van der Waals surface area contributed by atoms with Crippen LogP contribution in [0.1, 0.15) is 19.4 Å². The summed E-state index contributed by atoms with van der Waals surface area (Å²) in [6.45, 7) is 10.00. The number of pyridine rings is 1. The highest BCUT2D eigenvalue weighted by molar-refractivity contribution is 5.78. The van der Waals surface area contributed by atoms with E-state index < -0.39 is 0 Å². The number of carbonyl (C=O) groups is 1. The van der Waals surface area contributed by atoms with Crippen LogP contribution in [0.4, 0.5) is 5.82 Å². The molecule has 0 radical (unpaired) electrons. The fourth-order valence-electron chi connectivity index (χ4n) is 2.53. The number of ether oxygens (including phenoxy) is 1. The molecule has 1 aliphatic heterocycles. The second-order valence-electron chi connectivity index (χ2n) is 5.32. The van der Waals surface area contributed by atoms with E-state index >= 15 is 0 Å². The lowest BCUT2D eigenvalue weighted by Crippen LogP contribution is -2.39. The van der Waals surface area contributed by atoms with Gasteiger partial charge in [-0.3, -0.25) is 9.69 Å². The van der Waals surface area contributed by atoms with E-state index in [9.17, 15) is 4.79 Å². The average molecular weight is 306 g/mol. The van der Waals surface area contributed by atoms with Crippen LogP contribution in [0.2, 0.25) is 0 Å². The summed E-state index contributed by atoms with van der Waals surface area (Å²) < 4.78 is 5.38. The van der Waals surface area contributed by atoms with Gasteiger partial charge in [0.25, 0.3) is 0 Å². The smallest absolute Gasteiger partial charge is 0.234 e. The van der Waals surface area contributed by atoms with Gasteiger partial charge in [0.15, 0.2) is 0 Å². The van der Waals surface area contributed by atoms with Crippen molar-refractivity contribution in [3.05, 3.63) is 23.9 Å². The molecule has 1 amide bonds. The van der Waals surface area contributed by atoms with Gasteiger partial charge in [0.05, 0.1) is 19.8 Å². The molecule has 2 rings (SSSR count). The van der Waals surface area contributed by atoms with Crippen LogP contribution < -0.4 is 10.2 Å². The van der Waals surface area contributed by atoms with Gasteiger partial charge in [0.2, 0.25) is 5.91 Å². The lowest BCUT2D eigenvalue weighted by atomic mass is 10.2. The second-order valence-corrected chi connectivity index (χ2v) is 5.32. The first kappa shape index (κ1) is 16.7. The van der Waals surface area contributed by atoms with E-state index in [4.69, 9.17) is 4.74 Å². The normalized spacial score (nSPS) is 15.1. The van der Waals surface area contributed by atoms with Crippen LogP contribution in [0.3, 0.4) is 0 Å². The maximum absolute atomic E-state index is 12.0. The fraction of sp³-hybridized carbons (Fsp3) is 0.625. The van der Waals surface area contributed by atoms with Crippen LogP contribution in [0.5, 0.6) is 0 Å². The third-order valence-electron chi connectivity index (χ3n) is 3.92. The Kier molecular flexibility index (Phi) is 6.61. The van der Waals surface area contributed by atoms with E-state index in [1.165, 1.54) is 0 Å². The van der Waals surface area contributed by atoms with Crippen molar-refractivity contribution in [1.82, 2.24) is 15.2 Å². The maximum Gasteiger partial charge on any atom is 0.234 e. The molecule has 2 heterocycles. The van der Waals surface area contributed by atoms with E-state index in [0.29, 0.717) is 13.1 Å². The zero-order valence-corrected chi connectivity index (χ0v) is 13.5. The number of anilines is 1. The SMILES string of the molecule is CCN(CC)CC(=O)NCc1cccnc1N1CCOCC1. The Morgan fingerprint density at radius 3 is 2.77 bits per heavy atom.